The maximum atomic E-state index is 12.8. The van der Waals surface area contributed by atoms with Gasteiger partial charge in [0.25, 0.3) is 5.91 Å². The van der Waals surface area contributed by atoms with Gasteiger partial charge in [0.1, 0.15) is 5.75 Å². The molecule has 1 saturated carbocycles. The van der Waals surface area contributed by atoms with Gasteiger partial charge in [-0.2, -0.15) is 0 Å². The summed E-state index contributed by atoms with van der Waals surface area (Å²) in [5, 5.41) is 15.0. The van der Waals surface area contributed by atoms with Crippen molar-refractivity contribution in [1.29, 1.82) is 0 Å². The SMILES string of the molecule is CC(=O)Oc1cccc([C@@]23CCN(C)C[C@@]2(O)CC[C@@H](NC(=O)c2ccccc2)C3)c1. The van der Waals surface area contributed by atoms with E-state index in [-0.39, 0.29) is 17.9 Å². The molecule has 1 saturated heterocycles. The Morgan fingerprint density at radius 2 is 1.90 bits per heavy atom. The standard InChI is InChI=1S/C25H30N2O4/c1-18(28)31-22-10-6-9-20(15-22)24-13-14-27(2)17-25(24,30)12-11-21(16-24)26-23(29)19-7-4-3-5-8-19/h3-10,15,21,30H,11-14,16-17H2,1-2H3,(H,26,29)/t21-,24+,25+/m1/s1. The number of amides is 1. The molecule has 0 spiro atoms. The zero-order valence-corrected chi connectivity index (χ0v) is 18.1. The maximum Gasteiger partial charge on any atom is 0.308 e. The van der Waals surface area contributed by atoms with Crippen LogP contribution < -0.4 is 10.1 Å². The summed E-state index contributed by atoms with van der Waals surface area (Å²) in [6.45, 7) is 2.80. The summed E-state index contributed by atoms with van der Waals surface area (Å²) in [6, 6.07) is 16.7. The van der Waals surface area contributed by atoms with Crippen LogP contribution >= 0.6 is 0 Å². The van der Waals surface area contributed by atoms with Gasteiger partial charge in [-0.15, -0.1) is 0 Å². The Kier molecular flexibility index (Phi) is 5.86. The second-order valence-electron chi connectivity index (χ2n) is 9.00. The largest absolute Gasteiger partial charge is 0.427 e. The van der Waals surface area contributed by atoms with Crippen LogP contribution in [-0.4, -0.2) is 53.7 Å². The zero-order chi connectivity index (χ0) is 22.1. The Bertz CT molecular complexity index is 963. The minimum atomic E-state index is -0.914. The van der Waals surface area contributed by atoms with Gasteiger partial charge in [0, 0.05) is 30.5 Å². The number of β-amino-alcohol motifs (C(OH)–C–C–N with tert-alkyl or cyclic N) is 1. The zero-order valence-electron chi connectivity index (χ0n) is 18.1. The van der Waals surface area contributed by atoms with Crippen molar-refractivity contribution in [3.8, 4) is 5.75 Å². The average molecular weight is 423 g/mol. The second-order valence-corrected chi connectivity index (χ2v) is 9.00. The molecular weight excluding hydrogens is 392 g/mol. The van der Waals surface area contributed by atoms with Crippen molar-refractivity contribution in [2.24, 2.45) is 0 Å². The number of likely N-dealkylation sites (tertiary alicyclic amines) is 1. The van der Waals surface area contributed by atoms with E-state index in [1.807, 2.05) is 55.6 Å². The van der Waals surface area contributed by atoms with E-state index in [9.17, 15) is 14.7 Å². The summed E-state index contributed by atoms with van der Waals surface area (Å²) in [4.78, 5) is 26.4. The first-order chi connectivity index (χ1) is 14.8. The van der Waals surface area contributed by atoms with Gasteiger partial charge in [0.15, 0.2) is 0 Å². The van der Waals surface area contributed by atoms with Crippen LogP contribution in [-0.2, 0) is 10.2 Å². The van der Waals surface area contributed by atoms with Crippen molar-refractivity contribution in [1.82, 2.24) is 10.2 Å². The smallest absolute Gasteiger partial charge is 0.308 e. The fourth-order valence-corrected chi connectivity index (χ4v) is 5.37. The molecule has 4 rings (SSSR count). The third-order valence-corrected chi connectivity index (χ3v) is 6.86. The first kappa shape index (κ1) is 21.5. The number of benzene rings is 2. The molecule has 1 heterocycles. The minimum absolute atomic E-state index is 0.0474. The lowest BCUT2D eigenvalue weighted by atomic mass is 9.55. The molecule has 1 aliphatic heterocycles. The van der Waals surface area contributed by atoms with Gasteiger partial charge >= 0.3 is 5.97 Å². The highest BCUT2D eigenvalue weighted by molar-refractivity contribution is 5.94. The fraction of sp³-hybridized carbons (Fsp3) is 0.440. The van der Waals surface area contributed by atoms with Gasteiger partial charge in [-0.25, -0.2) is 0 Å². The van der Waals surface area contributed by atoms with Gasteiger partial charge in [-0.3, -0.25) is 9.59 Å². The van der Waals surface area contributed by atoms with Crippen LogP contribution in [0.15, 0.2) is 54.6 Å². The van der Waals surface area contributed by atoms with Crippen molar-refractivity contribution in [2.75, 3.05) is 20.1 Å². The van der Waals surface area contributed by atoms with Crippen LogP contribution in [0.2, 0.25) is 0 Å². The number of nitrogens with one attached hydrogen (secondary N) is 1. The highest BCUT2D eigenvalue weighted by atomic mass is 16.5. The molecule has 3 atom stereocenters. The average Bonchev–Trinajstić information content (AvgIpc) is 2.74. The molecule has 2 aromatic carbocycles. The number of carbonyl (C=O) groups excluding carboxylic acids is 2. The number of hydrogen-bond acceptors (Lipinski definition) is 5. The number of carbonyl (C=O) groups is 2. The molecule has 0 unspecified atom stereocenters. The summed E-state index contributed by atoms with van der Waals surface area (Å²) in [6.07, 6.45) is 2.71. The van der Waals surface area contributed by atoms with Crippen molar-refractivity contribution in [2.45, 2.75) is 49.7 Å². The Hall–Kier alpha value is -2.70. The molecule has 164 valence electrons. The molecule has 1 amide bonds. The number of ether oxygens (including phenoxy) is 1. The summed E-state index contributed by atoms with van der Waals surface area (Å²) in [5.74, 6) is 0.0220. The van der Waals surface area contributed by atoms with E-state index in [0.29, 0.717) is 37.1 Å². The number of esters is 1. The van der Waals surface area contributed by atoms with E-state index in [2.05, 4.69) is 10.2 Å². The lowest BCUT2D eigenvalue weighted by molar-refractivity contribution is -0.131. The van der Waals surface area contributed by atoms with Crippen molar-refractivity contribution in [3.05, 3.63) is 65.7 Å². The summed E-state index contributed by atoms with van der Waals surface area (Å²) < 4.78 is 5.32. The van der Waals surface area contributed by atoms with Crippen LogP contribution in [0.25, 0.3) is 0 Å². The van der Waals surface area contributed by atoms with E-state index in [1.54, 1.807) is 6.07 Å². The van der Waals surface area contributed by atoms with Crippen LogP contribution in [0.4, 0.5) is 0 Å². The molecule has 2 aromatic rings. The first-order valence-electron chi connectivity index (χ1n) is 10.9. The number of nitrogens with zero attached hydrogens (tertiary/aromatic N) is 1. The lowest BCUT2D eigenvalue weighted by Gasteiger charge is -2.57. The predicted molar refractivity (Wildman–Crippen MR) is 118 cm³/mol. The molecule has 6 heteroatoms. The summed E-state index contributed by atoms with van der Waals surface area (Å²) in [5.41, 5.74) is 0.156. The molecule has 1 aliphatic carbocycles. The van der Waals surface area contributed by atoms with E-state index in [1.165, 1.54) is 6.92 Å². The Balaban J connectivity index is 1.65. The number of rotatable bonds is 4. The lowest BCUT2D eigenvalue weighted by Crippen LogP contribution is -2.66. The molecule has 0 radical (unpaired) electrons. The third-order valence-electron chi connectivity index (χ3n) is 6.86. The predicted octanol–water partition coefficient (Wildman–Crippen LogP) is 2.90. The maximum absolute atomic E-state index is 12.8. The molecular formula is C25H30N2O4. The number of fused-ring (bicyclic) bond motifs is 1. The number of piperidine rings is 1. The van der Waals surface area contributed by atoms with Crippen molar-refractivity contribution < 1.29 is 19.4 Å². The quantitative estimate of drug-likeness (QED) is 0.585. The monoisotopic (exact) mass is 422 g/mol. The number of aliphatic hydroxyl groups is 1. The van der Waals surface area contributed by atoms with Gasteiger partial charge in [0.2, 0.25) is 0 Å². The van der Waals surface area contributed by atoms with Crippen LogP contribution in [0.3, 0.4) is 0 Å². The molecule has 0 aromatic heterocycles. The summed E-state index contributed by atoms with van der Waals surface area (Å²) >= 11 is 0. The second kappa shape index (κ2) is 8.44. The Labute approximate surface area is 183 Å². The van der Waals surface area contributed by atoms with Gasteiger partial charge in [0.05, 0.1) is 5.60 Å². The van der Waals surface area contributed by atoms with E-state index < -0.39 is 11.0 Å². The van der Waals surface area contributed by atoms with E-state index in [4.69, 9.17) is 4.74 Å². The highest BCUT2D eigenvalue weighted by Crippen LogP contribution is 2.52. The molecule has 2 fully saturated rings. The van der Waals surface area contributed by atoms with Crippen LogP contribution in [0.1, 0.15) is 48.5 Å². The normalized spacial score (nSPS) is 28.4. The van der Waals surface area contributed by atoms with Crippen molar-refractivity contribution >= 4 is 11.9 Å². The van der Waals surface area contributed by atoms with Gasteiger partial charge in [-0.05, 0) is 69.1 Å². The first-order valence-corrected chi connectivity index (χ1v) is 10.9. The number of hydrogen-bond donors (Lipinski definition) is 2. The Morgan fingerprint density at radius 1 is 1.13 bits per heavy atom. The van der Waals surface area contributed by atoms with Crippen molar-refractivity contribution in [3.63, 3.8) is 0 Å². The molecule has 2 N–H and O–H groups in total. The van der Waals surface area contributed by atoms with Crippen LogP contribution in [0.5, 0.6) is 5.75 Å². The molecule has 2 aliphatic rings. The number of likely N-dealkylation sites (N-methyl/N-ethyl adjacent to an activating group) is 1. The van der Waals surface area contributed by atoms with Gasteiger partial charge in [-0.1, -0.05) is 30.3 Å². The molecule has 6 nitrogen and oxygen atoms in total. The topological polar surface area (TPSA) is 78.9 Å². The summed E-state index contributed by atoms with van der Waals surface area (Å²) in [7, 11) is 2.03. The Morgan fingerprint density at radius 3 is 2.65 bits per heavy atom. The van der Waals surface area contributed by atoms with Crippen LogP contribution in [0, 0.1) is 0 Å². The molecule has 0 bridgehead atoms. The third kappa shape index (κ3) is 4.23. The molecule has 31 heavy (non-hydrogen) atoms. The van der Waals surface area contributed by atoms with Gasteiger partial charge < -0.3 is 20.1 Å². The van der Waals surface area contributed by atoms with E-state index in [0.717, 1.165) is 18.5 Å². The fourth-order valence-electron chi connectivity index (χ4n) is 5.37. The highest BCUT2D eigenvalue weighted by Gasteiger charge is 2.57. The minimum Gasteiger partial charge on any atom is -0.427 e. The van der Waals surface area contributed by atoms with E-state index >= 15 is 0 Å².